The Morgan fingerprint density at radius 1 is 0.917 bits per heavy atom. The van der Waals surface area contributed by atoms with Gasteiger partial charge in [-0.3, -0.25) is 9.18 Å². The van der Waals surface area contributed by atoms with E-state index in [1.807, 2.05) is 18.3 Å². The first-order valence-corrected chi connectivity index (χ1v) is 17.5. The Hall–Kier alpha value is -1.63. The molecule has 196 valence electrons. The molecule has 0 spiro atoms. The molecule has 2 aromatic rings. The second-order valence-electron chi connectivity index (χ2n) is 8.23. The fourth-order valence-electron chi connectivity index (χ4n) is 3.80. The minimum absolute atomic E-state index is 0.0369. The predicted molar refractivity (Wildman–Crippen MR) is 149 cm³/mol. The zero-order valence-electron chi connectivity index (χ0n) is 19.9. The van der Waals surface area contributed by atoms with E-state index < -0.39 is 18.3 Å². The van der Waals surface area contributed by atoms with Gasteiger partial charge in [0.05, 0.1) is 6.61 Å². The molecule has 0 amide bonds. The van der Waals surface area contributed by atoms with Crippen molar-refractivity contribution in [1.82, 2.24) is 0 Å². The molecule has 0 radical (unpaired) electrons. The minimum Gasteiger partial charge on any atom is -0.726 e. The van der Waals surface area contributed by atoms with Crippen LogP contribution >= 0.6 is 21.6 Å². The highest BCUT2D eigenvalue weighted by Crippen LogP contribution is 2.32. The van der Waals surface area contributed by atoms with Crippen molar-refractivity contribution < 1.29 is 25.6 Å². The van der Waals surface area contributed by atoms with Crippen molar-refractivity contribution in [3.05, 3.63) is 76.4 Å². The van der Waals surface area contributed by atoms with Crippen molar-refractivity contribution in [3.8, 4) is 0 Å². The van der Waals surface area contributed by atoms with E-state index in [-0.39, 0.29) is 6.61 Å². The topological polar surface area (TPSA) is 113 Å². The van der Waals surface area contributed by atoms with Crippen LogP contribution in [0, 0.1) is 0 Å². The van der Waals surface area contributed by atoms with E-state index in [1.165, 1.54) is 27.8 Å². The molecule has 5 rings (SSSR count). The van der Waals surface area contributed by atoms with Gasteiger partial charge in [-0.05, 0) is 82.4 Å². The van der Waals surface area contributed by atoms with E-state index in [2.05, 4.69) is 51.6 Å². The normalized spacial score (nSPS) is 17.8. The van der Waals surface area contributed by atoms with Crippen molar-refractivity contribution in [2.75, 3.05) is 24.7 Å². The molecule has 1 aliphatic carbocycles. The predicted octanol–water partition coefficient (Wildman–Crippen LogP) is 5.04. The lowest BCUT2D eigenvalue weighted by Gasteiger charge is -2.16. The molecule has 1 saturated heterocycles. The molecule has 2 heterocycles. The summed E-state index contributed by atoms with van der Waals surface area (Å²) < 4.78 is 56.1. The lowest BCUT2D eigenvalue weighted by molar-refractivity contribution is 0.258. The number of allylic oxidation sites excluding steroid dienone is 1. The molecule has 0 aromatic heterocycles. The van der Waals surface area contributed by atoms with Gasteiger partial charge in [0, 0.05) is 24.3 Å². The van der Waals surface area contributed by atoms with Gasteiger partial charge in [0.15, 0.2) is 0 Å². The van der Waals surface area contributed by atoms with Crippen molar-refractivity contribution in [3.63, 3.8) is 0 Å². The van der Waals surface area contributed by atoms with Crippen molar-refractivity contribution in [1.29, 1.82) is 0 Å². The van der Waals surface area contributed by atoms with Crippen LogP contribution in [0.2, 0.25) is 0 Å². The van der Waals surface area contributed by atoms with E-state index in [0.717, 1.165) is 71.7 Å². The number of aryl methyl sites for hydroxylation is 1. The fraction of sp³-hybridized carbons (Fsp3) is 0.400. The summed E-state index contributed by atoms with van der Waals surface area (Å²) in [6.45, 7) is 0.918. The van der Waals surface area contributed by atoms with Gasteiger partial charge in [-0.25, -0.2) is 16.8 Å². The number of hydrogen-bond acceptors (Lipinski definition) is 9. The van der Waals surface area contributed by atoms with Crippen LogP contribution in [0.4, 0.5) is 0 Å². The molecule has 7 nitrogen and oxygen atoms in total. The van der Waals surface area contributed by atoms with E-state index in [0.29, 0.717) is 6.42 Å². The second-order valence-corrected chi connectivity index (χ2v) is 16.1. The standard InChI is InChI=1S/C13H16O4S.C9H9N.C3H6O2S3/c14-18(15,16)17-9-3-4-11-7-8-12-5-1-2-6-13(12)10-11;1-2-4-9-7-10-6-5-8(9)3-1;4-8(5)6-2-1-3-7-8/h1-2,5-6,10H,3-4,7-9H2,(H,14,15,16);1-4,7H,5-6H2;1-3H2/p-1. The Bertz CT molecular complexity index is 1260. The first-order chi connectivity index (χ1) is 17.2. The molecule has 11 heteroatoms. The Kier molecular flexibility index (Phi) is 11.5. The third kappa shape index (κ3) is 10.8. The molecular formula is C25H30NO6S4-. The lowest BCUT2D eigenvalue weighted by atomic mass is 9.90. The molecule has 0 atom stereocenters. The number of aliphatic imine (C=N–C) groups is 1. The fourth-order valence-corrected chi connectivity index (χ4v) is 9.28. The second kappa shape index (κ2) is 14.3. The van der Waals surface area contributed by atoms with Crippen molar-refractivity contribution >= 4 is 52.2 Å². The molecule has 2 aliphatic heterocycles. The summed E-state index contributed by atoms with van der Waals surface area (Å²) in [6, 6.07) is 16.6. The van der Waals surface area contributed by atoms with Gasteiger partial charge in [-0.2, -0.15) is 0 Å². The highest BCUT2D eigenvalue weighted by molar-refractivity contribution is 9.04. The third-order valence-corrected chi connectivity index (χ3v) is 11.9. The lowest BCUT2D eigenvalue weighted by Crippen LogP contribution is -2.06. The van der Waals surface area contributed by atoms with Gasteiger partial charge in [0.2, 0.25) is 10.4 Å². The third-order valence-electron chi connectivity index (χ3n) is 5.54. The first kappa shape index (κ1) is 28.9. The van der Waals surface area contributed by atoms with Gasteiger partial charge in [0.1, 0.15) is 0 Å². The number of nitrogens with zero attached hydrogens (tertiary/aromatic N) is 1. The van der Waals surface area contributed by atoms with Gasteiger partial charge in [-0.15, -0.1) is 0 Å². The summed E-state index contributed by atoms with van der Waals surface area (Å²) in [5.74, 6) is 1.55. The van der Waals surface area contributed by atoms with Crippen LogP contribution in [0.15, 0.2) is 59.1 Å². The van der Waals surface area contributed by atoms with Crippen LogP contribution in [-0.4, -0.2) is 52.3 Å². The van der Waals surface area contributed by atoms with Crippen LogP contribution in [0.1, 0.15) is 47.9 Å². The summed E-state index contributed by atoms with van der Waals surface area (Å²) in [7, 11) is -5.18. The molecule has 0 unspecified atom stereocenters. The maximum Gasteiger partial charge on any atom is 0.253 e. The van der Waals surface area contributed by atoms with Crippen molar-refractivity contribution in [2.24, 2.45) is 4.99 Å². The van der Waals surface area contributed by atoms with E-state index in [9.17, 15) is 21.4 Å². The summed E-state index contributed by atoms with van der Waals surface area (Å²) in [4.78, 5) is 4.19. The first-order valence-electron chi connectivity index (χ1n) is 11.7. The average Bonchev–Trinajstić information content (AvgIpc) is 2.87. The van der Waals surface area contributed by atoms with Crippen LogP contribution in [0.5, 0.6) is 0 Å². The molecule has 1 fully saturated rings. The molecule has 36 heavy (non-hydrogen) atoms. The monoisotopic (exact) mass is 568 g/mol. The quantitative estimate of drug-likeness (QED) is 0.213. The Morgan fingerprint density at radius 2 is 1.56 bits per heavy atom. The Balaban J connectivity index is 0.000000168. The highest BCUT2D eigenvalue weighted by atomic mass is 33.5. The number of fused-ring (bicyclic) bond motifs is 2. The maximum atomic E-state index is 10.6. The highest BCUT2D eigenvalue weighted by Gasteiger charge is 2.16. The zero-order valence-corrected chi connectivity index (χ0v) is 23.1. The van der Waals surface area contributed by atoms with E-state index >= 15 is 0 Å². The van der Waals surface area contributed by atoms with Crippen LogP contribution in [0.3, 0.4) is 0 Å². The van der Waals surface area contributed by atoms with Crippen molar-refractivity contribution in [2.45, 2.75) is 38.5 Å². The van der Waals surface area contributed by atoms with E-state index in [4.69, 9.17) is 0 Å². The van der Waals surface area contributed by atoms with Crippen LogP contribution in [-0.2, 0) is 35.3 Å². The van der Waals surface area contributed by atoms with Gasteiger partial charge < -0.3 is 4.55 Å². The zero-order chi connectivity index (χ0) is 25.9. The molecule has 3 aliphatic rings. The van der Waals surface area contributed by atoms with Gasteiger partial charge in [-0.1, -0.05) is 60.2 Å². The Labute approximate surface area is 221 Å². The summed E-state index contributed by atoms with van der Waals surface area (Å²) in [6.07, 6.45) is 9.55. The maximum absolute atomic E-state index is 10.6. The molecule has 0 N–H and O–H groups in total. The van der Waals surface area contributed by atoms with E-state index in [1.54, 1.807) is 0 Å². The van der Waals surface area contributed by atoms with Crippen LogP contribution in [0.25, 0.3) is 6.08 Å². The smallest absolute Gasteiger partial charge is 0.253 e. The summed E-state index contributed by atoms with van der Waals surface area (Å²) >= 11 is 0. The summed E-state index contributed by atoms with van der Waals surface area (Å²) in [5.41, 5.74) is 6.57. The molecule has 0 bridgehead atoms. The van der Waals surface area contributed by atoms with Crippen LogP contribution < -0.4 is 0 Å². The minimum atomic E-state index is -4.55. The van der Waals surface area contributed by atoms with Gasteiger partial charge >= 0.3 is 0 Å². The Morgan fingerprint density at radius 3 is 2.17 bits per heavy atom. The number of rotatable bonds is 5. The summed E-state index contributed by atoms with van der Waals surface area (Å²) in [5, 5.41) is 0. The largest absolute Gasteiger partial charge is 0.726 e. The molecule has 2 aromatic carbocycles. The molecular weight excluding hydrogens is 539 g/mol. The molecule has 0 saturated carbocycles. The number of benzene rings is 2. The average molecular weight is 569 g/mol. The SMILES string of the molecule is C1=NCCc2ccccc21.O=S(=O)([O-])OCCCC1=Cc2ccccc2CC1.O=S1(=O)SCCCS1. The number of hydrogen-bond donors (Lipinski definition) is 0. The van der Waals surface area contributed by atoms with Gasteiger partial charge in [0.25, 0.3) is 7.90 Å².